The highest BCUT2D eigenvalue weighted by Gasteiger charge is 2.41. The van der Waals surface area contributed by atoms with E-state index in [0.717, 1.165) is 24.8 Å². The zero-order valence-corrected chi connectivity index (χ0v) is 14.9. The van der Waals surface area contributed by atoms with Gasteiger partial charge in [-0.25, -0.2) is 4.79 Å². The minimum atomic E-state index is -1.20. The van der Waals surface area contributed by atoms with Gasteiger partial charge in [-0.1, -0.05) is 43.0 Å². The monoisotopic (exact) mass is 366 g/mol. The Morgan fingerprint density at radius 2 is 1.76 bits per heavy atom. The predicted octanol–water partition coefficient (Wildman–Crippen LogP) is 2.81. The molecule has 1 unspecified atom stereocenters. The van der Waals surface area contributed by atoms with Crippen LogP contribution in [0.5, 0.6) is 0 Å². The Morgan fingerprint density at radius 1 is 1.16 bits per heavy atom. The lowest BCUT2D eigenvalue weighted by atomic mass is 9.81. The lowest BCUT2D eigenvalue weighted by molar-refractivity contribution is -0.149. The number of carbonyl (C=O) groups is 3. The molecule has 1 aromatic rings. The fourth-order valence-electron chi connectivity index (χ4n) is 3.24. The van der Waals surface area contributed by atoms with Gasteiger partial charge < -0.3 is 15.7 Å². The van der Waals surface area contributed by atoms with Crippen molar-refractivity contribution in [2.45, 2.75) is 57.0 Å². The van der Waals surface area contributed by atoms with Crippen LogP contribution in [-0.4, -0.2) is 28.4 Å². The Hall–Kier alpha value is -2.08. The van der Waals surface area contributed by atoms with Crippen molar-refractivity contribution in [1.29, 1.82) is 0 Å². The van der Waals surface area contributed by atoms with Crippen LogP contribution < -0.4 is 10.6 Å². The number of hydrogen-bond acceptors (Lipinski definition) is 3. The molecule has 6 nitrogen and oxygen atoms in total. The van der Waals surface area contributed by atoms with E-state index in [-0.39, 0.29) is 12.3 Å². The van der Waals surface area contributed by atoms with Crippen molar-refractivity contribution >= 4 is 29.4 Å². The molecule has 2 amide bonds. The molecule has 1 atom stereocenters. The molecule has 0 aliphatic heterocycles. The Labute approximate surface area is 151 Å². The van der Waals surface area contributed by atoms with Crippen LogP contribution in [0.15, 0.2) is 24.3 Å². The second kappa shape index (κ2) is 8.34. The van der Waals surface area contributed by atoms with Gasteiger partial charge in [0.25, 0.3) is 0 Å². The SMILES string of the molecule is CC(=O)NC(CC(=O)NC1(C(=O)O)CCCCC1)c1ccc(Cl)cc1. The highest BCUT2D eigenvalue weighted by atomic mass is 35.5. The van der Waals surface area contributed by atoms with Gasteiger partial charge in [-0.15, -0.1) is 0 Å². The number of hydrogen-bond donors (Lipinski definition) is 3. The van der Waals surface area contributed by atoms with Crippen LogP contribution in [-0.2, 0) is 14.4 Å². The highest BCUT2D eigenvalue weighted by molar-refractivity contribution is 6.30. The topological polar surface area (TPSA) is 95.5 Å². The summed E-state index contributed by atoms with van der Waals surface area (Å²) in [4.78, 5) is 35.7. The van der Waals surface area contributed by atoms with Gasteiger partial charge in [0, 0.05) is 11.9 Å². The van der Waals surface area contributed by atoms with E-state index in [1.165, 1.54) is 6.92 Å². The number of aliphatic carboxylic acids is 1. The molecule has 1 fully saturated rings. The number of nitrogens with one attached hydrogen (secondary N) is 2. The maximum Gasteiger partial charge on any atom is 0.329 e. The zero-order chi connectivity index (χ0) is 18.4. The lowest BCUT2D eigenvalue weighted by Crippen LogP contribution is -2.56. The van der Waals surface area contributed by atoms with Gasteiger partial charge in [0.05, 0.1) is 12.5 Å². The summed E-state index contributed by atoms with van der Waals surface area (Å²) in [6, 6.07) is 6.31. The van der Waals surface area contributed by atoms with E-state index < -0.39 is 23.5 Å². The van der Waals surface area contributed by atoms with Crippen molar-refractivity contribution in [1.82, 2.24) is 10.6 Å². The number of rotatable bonds is 6. The van der Waals surface area contributed by atoms with Crippen LogP contribution in [0.2, 0.25) is 5.02 Å². The van der Waals surface area contributed by atoms with Crippen molar-refractivity contribution in [2.75, 3.05) is 0 Å². The highest BCUT2D eigenvalue weighted by Crippen LogP contribution is 2.29. The Bertz CT molecular complexity index is 639. The van der Waals surface area contributed by atoms with E-state index in [2.05, 4.69) is 10.6 Å². The number of amides is 2. The first-order valence-corrected chi connectivity index (χ1v) is 8.77. The first kappa shape index (κ1) is 19.2. The smallest absolute Gasteiger partial charge is 0.329 e. The molecule has 0 heterocycles. The normalized spacial score (nSPS) is 17.4. The van der Waals surface area contributed by atoms with Crippen molar-refractivity contribution in [2.24, 2.45) is 0 Å². The standard InChI is InChI=1S/C18H23ClN2O4/c1-12(22)20-15(13-5-7-14(19)8-6-13)11-16(23)21-18(17(24)25)9-3-2-4-10-18/h5-8,15H,2-4,9-11H2,1H3,(H,20,22)(H,21,23)(H,24,25). The quantitative estimate of drug-likeness (QED) is 0.721. The largest absolute Gasteiger partial charge is 0.480 e. The predicted molar refractivity (Wildman–Crippen MR) is 94.2 cm³/mol. The van der Waals surface area contributed by atoms with Gasteiger partial charge in [-0.2, -0.15) is 0 Å². The van der Waals surface area contributed by atoms with Crippen molar-refractivity contribution in [3.8, 4) is 0 Å². The number of halogens is 1. The third kappa shape index (κ3) is 5.19. The molecule has 136 valence electrons. The number of carboxylic acids is 1. The summed E-state index contributed by atoms with van der Waals surface area (Å²) >= 11 is 5.88. The van der Waals surface area contributed by atoms with Gasteiger partial charge in [0.1, 0.15) is 5.54 Å². The molecule has 1 aliphatic carbocycles. The van der Waals surface area contributed by atoms with Crippen LogP contribution in [0.3, 0.4) is 0 Å². The van der Waals surface area contributed by atoms with Gasteiger partial charge >= 0.3 is 5.97 Å². The third-order valence-electron chi connectivity index (χ3n) is 4.53. The van der Waals surface area contributed by atoms with E-state index >= 15 is 0 Å². The zero-order valence-electron chi connectivity index (χ0n) is 14.2. The van der Waals surface area contributed by atoms with Crippen LogP contribution in [0.25, 0.3) is 0 Å². The Morgan fingerprint density at radius 3 is 2.28 bits per heavy atom. The van der Waals surface area contributed by atoms with Crippen LogP contribution in [0.4, 0.5) is 0 Å². The minimum absolute atomic E-state index is 0.0315. The van der Waals surface area contributed by atoms with Gasteiger partial charge in [-0.3, -0.25) is 9.59 Å². The summed E-state index contributed by atoms with van der Waals surface area (Å²) in [6.07, 6.45) is 3.36. The van der Waals surface area contributed by atoms with E-state index in [1.807, 2.05) is 0 Å². The van der Waals surface area contributed by atoms with E-state index in [4.69, 9.17) is 11.6 Å². The first-order valence-electron chi connectivity index (χ1n) is 8.39. The van der Waals surface area contributed by atoms with Crippen LogP contribution in [0, 0.1) is 0 Å². The third-order valence-corrected chi connectivity index (χ3v) is 4.79. The van der Waals surface area contributed by atoms with Crippen molar-refractivity contribution in [3.05, 3.63) is 34.9 Å². The summed E-state index contributed by atoms with van der Waals surface area (Å²) < 4.78 is 0. The summed E-state index contributed by atoms with van der Waals surface area (Å²) in [7, 11) is 0. The second-order valence-electron chi connectivity index (χ2n) is 6.50. The summed E-state index contributed by atoms with van der Waals surface area (Å²) in [5, 5.41) is 15.6. The molecule has 1 aromatic carbocycles. The molecule has 2 rings (SSSR count). The Balaban J connectivity index is 2.11. The molecule has 25 heavy (non-hydrogen) atoms. The Kier molecular flexibility index (Phi) is 6.42. The molecule has 1 saturated carbocycles. The van der Waals surface area contributed by atoms with E-state index in [9.17, 15) is 19.5 Å². The minimum Gasteiger partial charge on any atom is -0.480 e. The van der Waals surface area contributed by atoms with Crippen LogP contribution in [0.1, 0.15) is 57.1 Å². The average molecular weight is 367 g/mol. The maximum atomic E-state index is 12.5. The number of carbonyl (C=O) groups excluding carboxylic acids is 2. The maximum absolute atomic E-state index is 12.5. The molecular weight excluding hydrogens is 344 g/mol. The summed E-state index contributed by atoms with van der Waals surface area (Å²) in [5.74, 6) is -1.65. The first-order chi connectivity index (χ1) is 11.8. The molecule has 1 aliphatic rings. The molecule has 0 bridgehead atoms. The lowest BCUT2D eigenvalue weighted by Gasteiger charge is -2.34. The van der Waals surface area contributed by atoms with Gasteiger partial charge in [0.2, 0.25) is 11.8 Å². The van der Waals surface area contributed by atoms with Crippen molar-refractivity contribution in [3.63, 3.8) is 0 Å². The van der Waals surface area contributed by atoms with Crippen molar-refractivity contribution < 1.29 is 19.5 Å². The molecule has 0 spiro atoms. The fraction of sp³-hybridized carbons (Fsp3) is 0.500. The van der Waals surface area contributed by atoms with E-state index in [0.29, 0.717) is 17.9 Å². The fourth-order valence-corrected chi connectivity index (χ4v) is 3.37. The molecular formula is C18H23ClN2O4. The number of carboxylic acid groups (broad SMARTS) is 1. The average Bonchev–Trinajstić information content (AvgIpc) is 2.55. The van der Waals surface area contributed by atoms with Crippen LogP contribution >= 0.6 is 11.6 Å². The summed E-state index contributed by atoms with van der Waals surface area (Å²) in [6.45, 7) is 1.38. The molecule has 0 radical (unpaired) electrons. The number of benzene rings is 1. The molecule has 0 aromatic heterocycles. The second-order valence-corrected chi connectivity index (χ2v) is 6.94. The molecule has 7 heteroatoms. The summed E-state index contributed by atoms with van der Waals surface area (Å²) in [5.41, 5.74) is -0.460. The van der Waals surface area contributed by atoms with Gasteiger partial charge in [-0.05, 0) is 30.5 Å². The van der Waals surface area contributed by atoms with Gasteiger partial charge in [0.15, 0.2) is 0 Å². The molecule has 0 saturated heterocycles. The van der Waals surface area contributed by atoms with E-state index in [1.54, 1.807) is 24.3 Å². The molecule has 3 N–H and O–H groups in total.